The number of carboxylic acid groups (broad SMARTS) is 1. The van der Waals surface area contributed by atoms with Crippen LogP contribution < -0.4 is 11.1 Å². The largest absolute Gasteiger partial charge is 0.480 e. The first kappa shape index (κ1) is 16.8. The van der Waals surface area contributed by atoms with E-state index in [-0.39, 0.29) is 6.42 Å². The summed E-state index contributed by atoms with van der Waals surface area (Å²) in [6.45, 7) is 1.73. The summed E-state index contributed by atoms with van der Waals surface area (Å²) in [6, 6.07) is 10.6. The van der Waals surface area contributed by atoms with Crippen molar-refractivity contribution in [1.29, 1.82) is 0 Å². The van der Waals surface area contributed by atoms with Gasteiger partial charge < -0.3 is 16.2 Å². The number of hydrogen-bond donors (Lipinski definition) is 3. The number of carbonyl (C=O) groups is 2. The Labute approximate surface area is 147 Å². The Balaban J connectivity index is 2.04. The fourth-order valence-corrected chi connectivity index (χ4v) is 3.53. The maximum absolute atomic E-state index is 11.4. The van der Waals surface area contributed by atoms with E-state index < -0.39 is 17.9 Å². The zero-order valence-corrected chi connectivity index (χ0v) is 14.2. The van der Waals surface area contributed by atoms with Gasteiger partial charge in [-0.3, -0.25) is 4.79 Å². The van der Waals surface area contributed by atoms with Crippen LogP contribution in [0.5, 0.6) is 0 Å². The number of nitrogens with two attached hydrogens (primary N) is 1. The normalized spacial score (nSPS) is 12.0. The number of aromatic nitrogens is 2. The minimum absolute atomic E-state index is 0.324. The molecule has 0 spiro atoms. The first-order chi connectivity index (χ1) is 11.9. The third kappa shape index (κ3) is 3.74. The van der Waals surface area contributed by atoms with Gasteiger partial charge in [0.05, 0.1) is 11.8 Å². The number of primary amides is 1. The molecule has 0 radical (unpaired) electrons. The van der Waals surface area contributed by atoms with Crippen LogP contribution >= 0.6 is 11.3 Å². The Bertz CT molecular complexity index is 940. The van der Waals surface area contributed by atoms with E-state index in [9.17, 15) is 14.7 Å². The standard InChI is InChI=1S/C17H16N4O3S/c1-9-19-15(21-12(17(23)24)8-14(18)22)11-7-13(25-16(11)20-9)10-5-3-2-4-6-10/h2-7,12H,8H2,1H3,(H2,18,22)(H,23,24)(H,19,20,21)/t12-/m1/s1. The second-order valence-electron chi connectivity index (χ2n) is 5.52. The highest BCUT2D eigenvalue weighted by Crippen LogP contribution is 2.35. The van der Waals surface area contributed by atoms with Gasteiger partial charge in [-0.05, 0) is 18.6 Å². The quantitative estimate of drug-likeness (QED) is 0.624. The number of benzene rings is 1. The molecule has 8 heteroatoms. The minimum atomic E-state index is -1.17. The maximum atomic E-state index is 11.4. The monoisotopic (exact) mass is 356 g/mol. The molecule has 0 aliphatic rings. The highest BCUT2D eigenvalue weighted by molar-refractivity contribution is 7.21. The molecule has 2 aromatic heterocycles. The average Bonchev–Trinajstić information content (AvgIpc) is 2.98. The van der Waals surface area contributed by atoms with E-state index in [2.05, 4.69) is 15.3 Å². The van der Waals surface area contributed by atoms with Gasteiger partial charge in [-0.2, -0.15) is 0 Å². The summed E-state index contributed by atoms with van der Waals surface area (Å²) in [7, 11) is 0. The third-order valence-electron chi connectivity index (χ3n) is 3.58. The number of fused-ring (bicyclic) bond motifs is 1. The SMILES string of the molecule is Cc1nc(N[C@H](CC(N)=O)C(=O)O)c2cc(-c3ccccc3)sc2n1. The van der Waals surface area contributed by atoms with Crippen molar-refractivity contribution in [2.24, 2.45) is 5.73 Å². The number of carboxylic acids is 1. The van der Waals surface area contributed by atoms with Crippen molar-refractivity contribution in [3.63, 3.8) is 0 Å². The summed E-state index contributed by atoms with van der Waals surface area (Å²) in [5.74, 6) is -0.965. The van der Waals surface area contributed by atoms with Crippen LogP contribution in [0.3, 0.4) is 0 Å². The van der Waals surface area contributed by atoms with Gasteiger partial charge in [0, 0.05) is 4.88 Å². The summed E-state index contributed by atoms with van der Waals surface area (Å²) in [4.78, 5) is 33.0. The molecule has 7 nitrogen and oxygen atoms in total. The fraction of sp³-hybridized carbons (Fsp3) is 0.176. The molecular formula is C17H16N4O3S. The van der Waals surface area contributed by atoms with Crippen molar-refractivity contribution in [2.45, 2.75) is 19.4 Å². The highest BCUT2D eigenvalue weighted by atomic mass is 32.1. The second-order valence-corrected chi connectivity index (χ2v) is 6.55. The number of anilines is 1. The van der Waals surface area contributed by atoms with Gasteiger partial charge in [0.15, 0.2) is 0 Å². The predicted octanol–water partition coefficient (Wildman–Crippen LogP) is 2.41. The van der Waals surface area contributed by atoms with Gasteiger partial charge in [0.1, 0.15) is 22.5 Å². The van der Waals surface area contributed by atoms with Crippen LogP contribution in [-0.2, 0) is 9.59 Å². The lowest BCUT2D eigenvalue weighted by Crippen LogP contribution is -2.34. The third-order valence-corrected chi connectivity index (χ3v) is 4.66. The first-order valence-electron chi connectivity index (χ1n) is 7.55. The first-order valence-corrected chi connectivity index (χ1v) is 8.37. The van der Waals surface area contributed by atoms with Crippen LogP contribution in [-0.4, -0.2) is 33.0 Å². The number of thiophene rings is 1. The molecule has 0 bridgehead atoms. The van der Waals surface area contributed by atoms with Crippen molar-refractivity contribution in [1.82, 2.24) is 9.97 Å². The number of hydrogen-bond acceptors (Lipinski definition) is 6. The van der Waals surface area contributed by atoms with Crippen molar-refractivity contribution in [2.75, 3.05) is 5.32 Å². The molecule has 2 heterocycles. The van der Waals surface area contributed by atoms with Crippen LogP contribution in [0.2, 0.25) is 0 Å². The van der Waals surface area contributed by atoms with E-state index in [1.807, 2.05) is 36.4 Å². The van der Waals surface area contributed by atoms with Gasteiger partial charge in [0.25, 0.3) is 0 Å². The smallest absolute Gasteiger partial charge is 0.326 e. The maximum Gasteiger partial charge on any atom is 0.326 e. The number of nitrogens with zero attached hydrogens (tertiary/aromatic N) is 2. The van der Waals surface area contributed by atoms with Crippen LogP contribution in [0.1, 0.15) is 12.2 Å². The van der Waals surface area contributed by atoms with Crippen molar-refractivity contribution in [3.8, 4) is 10.4 Å². The molecule has 1 aromatic carbocycles. The van der Waals surface area contributed by atoms with Crippen molar-refractivity contribution >= 4 is 39.2 Å². The van der Waals surface area contributed by atoms with Gasteiger partial charge in [0.2, 0.25) is 5.91 Å². The highest BCUT2D eigenvalue weighted by Gasteiger charge is 2.22. The molecule has 0 aliphatic carbocycles. The predicted molar refractivity (Wildman–Crippen MR) is 96.4 cm³/mol. The topological polar surface area (TPSA) is 118 Å². The molecule has 3 rings (SSSR count). The second kappa shape index (κ2) is 6.86. The number of amides is 1. The molecule has 128 valence electrons. The molecule has 3 aromatic rings. The Hall–Kier alpha value is -3.00. The Kier molecular flexibility index (Phi) is 4.62. The number of rotatable bonds is 6. The number of aliphatic carboxylic acids is 1. The van der Waals surface area contributed by atoms with E-state index in [0.717, 1.165) is 15.3 Å². The van der Waals surface area contributed by atoms with E-state index in [0.29, 0.717) is 17.0 Å². The van der Waals surface area contributed by atoms with E-state index in [4.69, 9.17) is 5.73 Å². The number of nitrogens with one attached hydrogen (secondary N) is 1. The molecule has 4 N–H and O–H groups in total. The minimum Gasteiger partial charge on any atom is -0.480 e. The molecule has 0 unspecified atom stereocenters. The van der Waals surface area contributed by atoms with E-state index in [1.54, 1.807) is 6.92 Å². The average molecular weight is 356 g/mol. The van der Waals surface area contributed by atoms with Gasteiger partial charge >= 0.3 is 5.97 Å². The fourth-order valence-electron chi connectivity index (χ4n) is 2.45. The molecule has 1 atom stereocenters. The lowest BCUT2D eigenvalue weighted by Gasteiger charge is -2.14. The number of aryl methyl sites for hydroxylation is 1. The molecule has 0 fully saturated rings. The Morgan fingerprint density at radius 2 is 2.00 bits per heavy atom. The lowest BCUT2D eigenvalue weighted by atomic mass is 10.1. The Morgan fingerprint density at radius 1 is 1.28 bits per heavy atom. The van der Waals surface area contributed by atoms with Crippen molar-refractivity contribution < 1.29 is 14.7 Å². The molecule has 25 heavy (non-hydrogen) atoms. The molecule has 0 saturated carbocycles. The van der Waals surface area contributed by atoms with Gasteiger partial charge in [-0.15, -0.1) is 11.3 Å². The summed E-state index contributed by atoms with van der Waals surface area (Å²) in [5.41, 5.74) is 6.18. The van der Waals surface area contributed by atoms with Crippen LogP contribution in [0.15, 0.2) is 36.4 Å². The van der Waals surface area contributed by atoms with Crippen LogP contribution in [0.25, 0.3) is 20.7 Å². The van der Waals surface area contributed by atoms with Gasteiger partial charge in [-0.25, -0.2) is 14.8 Å². The molecule has 0 aliphatic heterocycles. The molecule has 0 saturated heterocycles. The summed E-state index contributed by atoms with van der Waals surface area (Å²) >= 11 is 1.50. The number of carbonyl (C=O) groups excluding carboxylic acids is 1. The van der Waals surface area contributed by atoms with Crippen LogP contribution in [0.4, 0.5) is 5.82 Å². The van der Waals surface area contributed by atoms with Crippen molar-refractivity contribution in [3.05, 3.63) is 42.2 Å². The zero-order valence-electron chi connectivity index (χ0n) is 13.4. The van der Waals surface area contributed by atoms with E-state index in [1.165, 1.54) is 11.3 Å². The Morgan fingerprint density at radius 3 is 2.64 bits per heavy atom. The summed E-state index contributed by atoms with van der Waals surface area (Å²) in [6.07, 6.45) is -0.324. The molecule has 1 amide bonds. The van der Waals surface area contributed by atoms with Crippen LogP contribution in [0, 0.1) is 6.92 Å². The van der Waals surface area contributed by atoms with Gasteiger partial charge in [-0.1, -0.05) is 30.3 Å². The summed E-state index contributed by atoms with van der Waals surface area (Å²) < 4.78 is 0. The summed E-state index contributed by atoms with van der Waals surface area (Å²) in [5, 5.41) is 12.8. The van der Waals surface area contributed by atoms with E-state index >= 15 is 0 Å². The molecular weight excluding hydrogens is 340 g/mol. The zero-order chi connectivity index (χ0) is 18.0. The lowest BCUT2D eigenvalue weighted by molar-refractivity contribution is -0.139.